The van der Waals surface area contributed by atoms with Crippen LogP contribution in [0, 0.1) is 39.4 Å². The Morgan fingerprint density at radius 1 is 1.03 bits per heavy atom. The number of rotatable bonds is 5. The van der Waals surface area contributed by atoms with Crippen molar-refractivity contribution in [2.75, 3.05) is 0 Å². The molecule has 4 aliphatic rings. The predicted molar refractivity (Wildman–Crippen MR) is 136 cm³/mol. The number of carboxylic acid groups (broad SMARTS) is 1. The number of aliphatic carboxylic acids is 1. The number of allylic oxidation sites excluding steroid dienone is 3. The molecule has 0 bridgehead atoms. The molecule has 4 aliphatic carbocycles. The maximum atomic E-state index is 12.5. The van der Waals surface area contributed by atoms with Crippen LogP contribution >= 0.6 is 0 Å². The van der Waals surface area contributed by atoms with Crippen molar-refractivity contribution in [3.63, 3.8) is 0 Å². The van der Waals surface area contributed by atoms with Gasteiger partial charge < -0.3 is 15.3 Å². The Bertz CT molecular complexity index is 892. The number of fused-ring (bicyclic) bond motifs is 4. The summed E-state index contributed by atoms with van der Waals surface area (Å²) in [6.45, 7) is 15.3. The van der Waals surface area contributed by atoms with E-state index in [1.165, 1.54) is 0 Å². The van der Waals surface area contributed by atoms with Crippen LogP contribution in [0.3, 0.4) is 0 Å². The number of carbonyl (C=O) groups is 1. The summed E-state index contributed by atoms with van der Waals surface area (Å²) >= 11 is 0. The van der Waals surface area contributed by atoms with Gasteiger partial charge >= 0.3 is 5.97 Å². The van der Waals surface area contributed by atoms with Gasteiger partial charge in [-0.1, -0.05) is 57.9 Å². The Labute approximate surface area is 206 Å². The van der Waals surface area contributed by atoms with Crippen molar-refractivity contribution >= 4 is 5.97 Å². The molecule has 0 aromatic heterocycles. The Balaban J connectivity index is 1.69. The lowest BCUT2D eigenvalue weighted by atomic mass is 9.43. The lowest BCUT2D eigenvalue weighted by Crippen LogP contribution is -2.55. The summed E-state index contributed by atoms with van der Waals surface area (Å²) < 4.78 is 0. The van der Waals surface area contributed by atoms with Gasteiger partial charge in [0.2, 0.25) is 0 Å². The molecule has 0 amide bonds. The zero-order valence-electron chi connectivity index (χ0n) is 22.6. The fraction of sp³-hybridized carbons (Fsp3) is 0.833. The van der Waals surface area contributed by atoms with E-state index in [1.807, 2.05) is 6.08 Å². The van der Waals surface area contributed by atoms with Crippen LogP contribution in [0.15, 0.2) is 23.3 Å². The van der Waals surface area contributed by atoms with Crippen LogP contribution in [0.5, 0.6) is 0 Å². The van der Waals surface area contributed by atoms with Gasteiger partial charge in [-0.15, -0.1) is 0 Å². The molecule has 0 aliphatic heterocycles. The highest BCUT2D eigenvalue weighted by Crippen LogP contribution is 2.72. The molecule has 4 rings (SSSR count). The van der Waals surface area contributed by atoms with E-state index in [1.54, 1.807) is 31.1 Å². The van der Waals surface area contributed by atoms with E-state index in [0.29, 0.717) is 12.3 Å². The van der Waals surface area contributed by atoms with Crippen LogP contribution in [0.25, 0.3) is 0 Å². The number of hydrogen-bond donors (Lipinski definition) is 3. The van der Waals surface area contributed by atoms with Crippen molar-refractivity contribution in [2.24, 2.45) is 39.4 Å². The largest absolute Gasteiger partial charge is 0.481 e. The van der Waals surface area contributed by atoms with E-state index in [4.69, 9.17) is 0 Å². The lowest BCUT2D eigenvalue weighted by molar-refractivity contribution is -0.146. The second-order valence-electron chi connectivity index (χ2n) is 14.0. The predicted octanol–water partition coefficient (Wildman–Crippen LogP) is 6.51. The molecule has 0 aromatic carbocycles. The summed E-state index contributed by atoms with van der Waals surface area (Å²) in [6, 6.07) is 0. The first-order valence-corrected chi connectivity index (χ1v) is 13.6. The third-order valence-electron chi connectivity index (χ3n) is 11.5. The average Bonchev–Trinajstić information content (AvgIpc) is 2.99. The molecule has 0 unspecified atom stereocenters. The minimum Gasteiger partial charge on any atom is -0.481 e. The van der Waals surface area contributed by atoms with Crippen molar-refractivity contribution in [1.29, 1.82) is 0 Å². The summed E-state index contributed by atoms with van der Waals surface area (Å²) in [7, 11) is 0. The molecule has 4 nitrogen and oxygen atoms in total. The van der Waals surface area contributed by atoms with E-state index in [9.17, 15) is 20.1 Å². The monoisotopic (exact) mass is 472 g/mol. The molecule has 0 saturated heterocycles. The van der Waals surface area contributed by atoms with Crippen LogP contribution in [0.1, 0.15) is 106 Å². The average molecular weight is 473 g/mol. The van der Waals surface area contributed by atoms with Gasteiger partial charge in [-0.3, -0.25) is 4.79 Å². The van der Waals surface area contributed by atoms with Crippen molar-refractivity contribution < 1.29 is 20.1 Å². The quantitative estimate of drug-likeness (QED) is 0.398. The van der Waals surface area contributed by atoms with Gasteiger partial charge in [0.25, 0.3) is 0 Å². The first-order valence-electron chi connectivity index (χ1n) is 13.6. The molecule has 0 spiro atoms. The molecule has 0 aromatic rings. The smallest absolute Gasteiger partial charge is 0.307 e. The van der Waals surface area contributed by atoms with Gasteiger partial charge in [0.1, 0.15) is 0 Å². The highest BCUT2D eigenvalue weighted by Gasteiger charge is 2.64. The molecule has 0 radical (unpaired) electrons. The third-order valence-corrected chi connectivity index (χ3v) is 11.5. The fourth-order valence-corrected chi connectivity index (χ4v) is 9.30. The maximum absolute atomic E-state index is 12.5. The molecule has 34 heavy (non-hydrogen) atoms. The summed E-state index contributed by atoms with van der Waals surface area (Å²) in [6.07, 6.45) is 12.2. The zero-order valence-corrected chi connectivity index (χ0v) is 22.6. The van der Waals surface area contributed by atoms with E-state index in [-0.39, 0.29) is 33.7 Å². The molecule has 192 valence electrons. The summed E-state index contributed by atoms with van der Waals surface area (Å²) in [5, 5.41) is 31.1. The van der Waals surface area contributed by atoms with Crippen molar-refractivity contribution in [2.45, 2.75) is 118 Å². The number of aliphatic hydroxyl groups is 2. The standard InChI is InChI=1S/C30H48O4/c1-26(2,34)15-8-9-19(25(32)33)20-12-17-30(7)22-10-11-23-27(3,4)24(31)14-16-28(23,5)21(22)13-18-29(20,30)6/h8,15,19-20,23-24,31,34H,9-14,16-18H2,1-7H3,(H,32,33)/b15-8+/t19-,20-,23+,24+,28-,29-,30+/m1/s1. The lowest BCUT2D eigenvalue weighted by Gasteiger charge is -2.62. The summed E-state index contributed by atoms with van der Waals surface area (Å²) in [5.74, 6) is -0.463. The van der Waals surface area contributed by atoms with Crippen LogP contribution in [-0.2, 0) is 4.79 Å². The highest BCUT2D eigenvalue weighted by atomic mass is 16.4. The van der Waals surface area contributed by atoms with E-state index < -0.39 is 17.5 Å². The summed E-state index contributed by atoms with van der Waals surface area (Å²) in [4.78, 5) is 12.5. The Morgan fingerprint density at radius 2 is 1.71 bits per heavy atom. The fourth-order valence-electron chi connectivity index (χ4n) is 9.30. The van der Waals surface area contributed by atoms with E-state index in [0.717, 1.165) is 51.4 Å². The van der Waals surface area contributed by atoms with Crippen molar-refractivity contribution in [3.05, 3.63) is 23.3 Å². The minimum atomic E-state index is -0.920. The van der Waals surface area contributed by atoms with Crippen LogP contribution in [0.2, 0.25) is 0 Å². The number of aliphatic hydroxyl groups excluding tert-OH is 1. The molecule has 7 atom stereocenters. The van der Waals surface area contributed by atoms with Crippen molar-refractivity contribution in [1.82, 2.24) is 0 Å². The first kappa shape index (κ1) is 25.9. The molecule has 2 fully saturated rings. The van der Waals surface area contributed by atoms with Crippen molar-refractivity contribution in [3.8, 4) is 0 Å². The SMILES string of the molecule is CC(C)(O)/C=C/C[C@@H](C(=O)O)[C@H]1CC[C@@]2(C)C3=C(CC[C@]12C)[C@@]1(C)CC[C@H](O)C(C)(C)[C@@H]1CC3. The van der Waals surface area contributed by atoms with Crippen LogP contribution in [-0.4, -0.2) is 33.0 Å². The molecule has 3 N–H and O–H groups in total. The zero-order chi connectivity index (χ0) is 25.3. The normalized spacial score (nSPS) is 42.8. The topological polar surface area (TPSA) is 77.8 Å². The van der Waals surface area contributed by atoms with Gasteiger partial charge in [0.15, 0.2) is 0 Å². The van der Waals surface area contributed by atoms with Gasteiger partial charge in [-0.25, -0.2) is 0 Å². The second kappa shape index (κ2) is 8.20. The molecule has 0 heterocycles. The van der Waals surface area contributed by atoms with Crippen LogP contribution < -0.4 is 0 Å². The molecular formula is C30H48O4. The molecular weight excluding hydrogens is 424 g/mol. The highest BCUT2D eigenvalue weighted by molar-refractivity contribution is 5.71. The molecule has 2 saturated carbocycles. The number of carboxylic acids is 1. The second-order valence-corrected chi connectivity index (χ2v) is 14.0. The third kappa shape index (κ3) is 3.74. The van der Waals surface area contributed by atoms with E-state index in [2.05, 4.69) is 34.6 Å². The minimum absolute atomic E-state index is 0.0235. The first-order chi connectivity index (χ1) is 15.6. The Morgan fingerprint density at radius 3 is 2.32 bits per heavy atom. The Kier molecular flexibility index (Phi) is 6.26. The maximum Gasteiger partial charge on any atom is 0.307 e. The summed E-state index contributed by atoms with van der Waals surface area (Å²) in [5.41, 5.74) is 2.51. The van der Waals surface area contributed by atoms with Gasteiger partial charge in [-0.05, 0) is 105 Å². The molecule has 4 heteroatoms. The van der Waals surface area contributed by atoms with Gasteiger partial charge in [-0.2, -0.15) is 0 Å². The Hall–Kier alpha value is -1.13. The van der Waals surface area contributed by atoms with Crippen LogP contribution in [0.4, 0.5) is 0 Å². The van der Waals surface area contributed by atoms with Gasteiger partial charge in [0.05, 0.1) is 17.6 Å². The van der Waals surface area contributed by atoms with E-state index >= 15 is 0 Å². The van der Waals surface area contributed by atoms with Gasteiger partial charge in [0, 0.05) is 0 Å². The number of hydrogen-bond acceptors (Lipinski definition) is 3.